The maximum Gasteiger partial charge on any atom is 0.471 e. The summed E-state index contributed by atoms with van der Waals surface area (Å²) in [4.78, 5) is 74.3. The third-order valence-electron chi connectivity index (χ3n) is 9.81. The van der Waals surface area contributed by atoms with E-state index in [9.17, 15) is 67.8 Å². The van der Waals surface area contributed by atoms with Crippen molar-refractivity contribution in [2.75, 3.05) is 13.7 Å². The molecule has 7 atom stereocenters. The van der Waals surface area contributed by atoms with Crippen LogP contribution in [0.1, 0.15) is 68.8 Å². The number of alkyl halides is 3. The first-order valence-corrected chi connectivity index (χ1v) is 16.9. The molecular formula is C35H34F3N3O16. The molecule has 0 spiro atoms. The summed E-state index contributed by atoms with van der Waals surface area (Å²) in [5, 5.41) is 67.2. The Morgan fingerprint density at radius 2 is 1.72 bits per heavy atom. The number of aliphatic hydroxyl groups excluding tert-OH is 1. The zero-order valence-electron chi connectivity index (χ0n) is 29.6. The molecule has 2 aliphatic carbocycles. The van der Waals surface area contributed by atoms with Crippen LogP contribution in [-0.2, 0) is 35.1 Å². The molecule has 1 aliphatic heterocycles. The fourth-order valence-electron chi connectivity index (χ4n) is 7.09. The first kappa shape index (κ1) is 40.9. The van der Waals surface area contributed by atoms with E-state index in [0.717, 1.165) is 12.1 Å². The number of ketones is 2. The highest BCUT2D eigenvalue weighted by atomic mass is 19.4. The number of aromatic hydroxyl groups is 4. The number of aliphatic hydroxyl groups is 2. The molecule has 6 rings (SSSR count). The number of nitrogens with zero attached hydrogens (tertiary/aromatic N) is 1. The molecule has 3 aliphatic rings. The number of hydrogen-bond donors (Lipinski definition) is 8. The molecule has 1 saturated heterocycles. The van der Waals surface area contributed by atoms with Gasteiger partial charge in [-0.05, 0) is 13.0 Å². The third kappa shape index (κ3) is 7.45. The van der Waals surface area contributed by atoms with Crippen molar-refractivity contribution in [2.45, 2.75) is 74.6 Å². The normalized spacial score (nSPS) is 24.8. The van der Waals surface area contributed by atoms with Gasteiger partial charge in [0, 0.05) is 48.1 Å². The lowest BCUT2D eigenvalue weighted by atomic mass is 9.71. The first-order chi connectivity index (χ1) is 26.8. The second-order valence-corrected chi connectivity index (χ2v) is 13.4. The lowest BCUT2D eigenvalue weighted by Crippen LogP contribution is -2.58. The molecule has 5 unspecified atom stereocenters. The van der Waals surface area contributed by atoms with E-state index in [1.165, 1.54) is 32.2 Å². The van der Waals surface area contributed by atoms with Crippen molar-refractivity contribution in [1.29, 1.82) is 0 Å². The molecule has 0 bridgehead atoms. The second kappa shape index (κ2) is 15.3. The zero-order chi connectivity index (χ0) is 41.7. The van der Waals surface area contributed by atoms with Crippen LogP contribution in [0.5, 0.6) is 29.0 Å². The van der Waals surface area contributed by atoms with E-state index >= 15 is 0 Å². The van der Waals surface area contributed by atoms with Crippen LogP contribution in [0.3, 0.4) is 0 Å². The van der Waals surface area contributed by atoms with Gasteiger partial charge in [0.15, 0.2) is 18.7 Å². The summed E-state index contributed by atoms with van der Waals surface area (Å²) >= 11 is 0. The molecule has 0 saturated carbocycles. The van der Waals surface area contributed by atoms with Gasteiger partial charge < -0.3 is 59.8 Å². The van der Waals surface area contributed by atoms with Crippen molar-refractivity contribution >= 4 is 29.7 Å². The highest BCUT2D eigenvalue weighted by Crippen LogP contribution is 2.53. The molecule has 1 amide bonds. The predicted molar refractivity (Wildman–Crippen MR) is 178 cm³/mol. The Bertz CT molecular complexity index is 2120. The summed E-state index contributed by atoms with van der Waals surface area (Å²) < 4.78 is 56.7. The van der Waals surface area contributed by atoms with Crippen LogP contribution in [0, 0.1) is 0 Å². The van der Waals surface area contributed by atoms with Gasteiger partial charge in [-0.25, -0.2) is 4.79 Å². The van der Waals surface area contributed by atoms with Gasteiger partial charge in [-0.1, -0.05) is 12.1 Å². The fourth-order valence-corrected chi connectivity index (χ4v) is 7.09. The number of fused-ring (bicyclic) bond motifs is 3. The van der Waals surface area contributed by atoms with E-state index in [4.69, 9.17) is 23.9 Å². The van der Waals surface area contributed by atoms with Crippen molar-refractivity contribution in [1.82, 2.24) is 15.5 Å². The molecule has 0 radical (unpaired) electrons. The van der Waals surface area contributed by atoms with E-state index in [-0.39, 0.29) is 23.2 Å². The standard InChI is InChI=1S/C35H34F3N3O16/c1-13-28(46)16(39-33(51)35(36,37)38)8-23(55-13)56-18-10-34(52,19(11-42)40-54-12-22(45)57-41-20(43)6-7-21(41)44)9-15-25(18)32(50)27-26(30(15)48)29(47)14-4-3-5-17(53-2)24(14)31(27)49/h3-7,11,13,16,18-19,23,28,40,43-44,46,48,50,52H,8-10,12H2,1-2H3,(H,39,51)/t13?,16?,18-,19?,23?,28?,34-/m0/s1. The van der Waals surface area contributed by atoms with Crippen molar-refractivity contribution in [3.05, 3.63) is 63.7 Å². The quantitative estimate of drug-likeness (QED) is 0.0567. The van der Waals surface area contributed by atoms with Crippen molar-refractivity contribution < 1.29 is 91.7 Å². The van der Waals surface area contributed by atoms with Crippen LogP contribution in [0.25, 0.3) is 0 Å². The molecule has 19 nitrogen and oxygen atoms in total. The molecule has 3 aromatic rings. The number of aldehydes is 1. The van der Waals surface area contributed by atoms with Crippen LogP contribution in [0.2, 0.25) is 0 Å². The SMILES string of the molecule is COc1cccc2c1C(=O)c1c(O)c3c(c(O)c1C2=O)C[C@@](O)(C(C=O)NOCC(=O)On1c(O)ccc1O)C[C@@H]3OC1CC(NC(=O)C(F)(F)F)C(O)C(C)O1. The average molecular weight is 810 g/mol. The van der Waals surface area contributed by atoms with Crippen LogP contribution in [0.15, 0.2) is 30.3 Å². The zero-order valence-corrected chi connectivity index (χ0v) is 29.6. The van der Waals surface area contributed by atoms with Gasteiger partial charge in [0.1, 0.15) is 35.7 Å². The monoisotopic (exact) mass is 809 g/mol. The number of benzene rings is 2. The van der Waals surface area contributed by atoms with E-state index in [2.05, 4.69) is 5.48 Å². The van der Waals surface area contributed by atoms with Crippen molar-refractivity contribution in [3.63, 3.8) is 0 Å². The summed E-state index contributed by atoms with van der Waals surface area (Å²) in [6.45, 7) is 0.245. The Labute approximate surface area is 318 Å². The third-order valence-corrected chi connectivity index (χ3v) is 9.81. The van der Waals surface area contributed by atoms with Gasteiger partial charge in [0.25, 0.3) is 0 Å². The number of hydrogen-bond acceptors (Lipinski definition) is 17. The molecule has 306 valence electrons. The highest BCUT2D eigenvalue weighted by Gasteiger charge is 2.51. The molecule has 1 aromatic heterocycles. The minimum absolute atomic E-state index is 0.0453. The number of nitrogens with one attached hydrogen (secondary N) is 2. The summed E-state index contributed by atoms with van der Waals surface area (Å²) in [7, 11) is 1.23. The molecule has 2 heterocycles. The number of phenolic OH excluding ortho intramolecular Hbond substituents is 2. The minimum atomic E-state index is -5.33. The highest BCUT2D eigenvalue weighted by molar-refractivity contribution is 6.31. The van der Waals surface area contributed by atoms with Gasteiger partial charge in [0.2, 0.25) is 17.5 Å². The number of carbonyl (C=O) groups is 5. The Morgan fingerprint density at radius 1 is 1.05 bits per heavy atom. The Hall–Kier alpha value is -5.78. The summed E-state index contributed by atoms with van der Waals surface area (Å²) in [5.41, 5.74) is -2.90. The number of amides is 1. The van der Waals surface area contributed by atoms with Gasteiger partial charge in [-0.2, -0.15) is 18.7 Å². The van der Waals surface area contributed by atoms with Crippen LogP contribution in [-0.4, -0.2) is 121 Å². The molecular weight excluding hydrogens is 775 g/mol. The van der Waals surface area contributed by atoms with E-state index < -0.39 is 143 Å². The van der Waals surface area contributed by atoms with Gasteiger partial charge in [-0.15, -0.1) is 4.73 Å². The molecule has 57 heavy (non-hydrogen) atoms. The number of ether oxygens (including phenoxy) is 3. The molecule has 1 fully saturated rings. The van der Waals surface area contributed by atoms with Gasteiger partial charge >= 0.3 is 18.1 Å². The van der Waals surface area contributed by atoms with E-state index in [1.807, 2.05) is 0 Å². The molecule has 22 heteroatoms. The second-order valence-electron chi connectivity index (χ2n) is 13.4. The number of aromatic nitrogens is 1. The van der Waals surface area contributed by atoms with Gasteiger partial charge in [0.05, 0.1) is 47.7 Å². The Balaban J connectivity index is 1.37. The summed E-state index contributed by atoms with van der Waals surface area (Å²) in [6.07, 6.45) is -13.7. The van der Waals surface area contributed by atoms with Crippen molar-refractivity contribution in [2.24, 2.45) is 0 Å². The number of hydroxylamine groups is 1. The number of rotatable bonds is 11. The smallest absolute Gasteiger partial charge is 0.471 e. The van der Waals surface area contributed by atoms with Crippen LogP contribution in [0.4, 0.5) is 13.2 Å². The Kier molecular flexibility index (Phi) is 11.0. The van der Waals surface area contributed by atoms with Crippen molar-refractivity contribution in [3.8, 4) is 29.0 Å². The minimum Gasteiger partial charge on any atom is -0.507 e. The number of phenols is 2. The average Bonchev–Trinajstić information content (AvgIpc) is 3.46. The number of carbonyl (C=O) groups excluding carboxylic acids is 5. The Morgan fingerprint density at radius 3 is 2.35 bits per heavy atom. The number of halogens is 3. The molecule has 2 aromatic carbocycles. The number of methoxy groups -OCH3 is 1. The topological polar surface area (TPSA) is 282 Å². The van der Waals surface area contributed by atoms with Crippen LogP contribution < -0.4 is 20.4 Å². The summed E-state index contributed by atoms with van der Waals surface area (Å²) in [5.74, 6) is -8.69. The van der Waals surface area contributed by atoms with Crippen LogP contribution >= 0.6 is 0 Å². The predicted octanol–water partition coefficient (Wildman–Crippen LogP) is 0.116. The largest absolute Gasteiger partial charge is 0.507 e. The lowest BCUT2D eigenvalue weighted by Gasteiger charge is -2.44. The lowest BCUT2D eigenvalue weighted by molar-refractivity contribution is -0.252. The van der Waals surface area contributed by atoms with E-state index in [1.54, 1.807) is 5.32 Å². The first-order valence-electron chi connectivity index (χ1n) is 16.9. The van der Waals surface area contributed by atoms with Gasteiger partial charge in [-0.3, -0.25) is 19.2 Å². The molecule has 8 N–H and O–H groups in total. The maximum absolute atomic E-state index is 14.0. The fraction of sp³-hybridized carbons (Fsp3) is 0.400. The summed E-state index contributed by atoms with van der Waals surface area (Å²) in [6, 6.07) is 2.60. The maximum atomic E-state index is 14.0. The van der Waals surface area contributed by atoms with E-state index in [0.29, 0.717) is 4.73 Å².